The second-order valence-electron chi connectivity index (χ2n) is 8.38. The minimum Gasteiger partial charge on any atom is -0.381 e. The SMILES string of the molecule is CN(CC1CCCN1C)CC1(CNC(C)(C)C)CCOC1. The number of nitrogens with one attached hydrogen (secondary N) is 1. The van der Waals surface area contributed by atoms with Gasteiger partial charge in [-0.3, -0.25) is 0 Å². The lowest BCUT2D eigenvalue weighted by atomic mass is 9.85. The minimum atomic E-state index is 0.180. The fourth-order valence-corrected chi connectivity index (χ4v) is 3.63. The van der Waals surface area contributed by atoms with Crippen molar-refractivity contribution in [2.75, 3.05) is 53.5 Å². The summed E-state index contributed by atoms with van der Waals surface area (Å²) in [6.07, 6.45) is 3.89. The maximum atomic E-state index is 5.74. The number of likely N-dealkylation sites (N-methyl/N-ethyl adjacent to an activating group) is 2. The van der Waals surface area contributed by atoms with Gasteiger partial charge in [-0.2, -0.15) is 0 Å². The molecule has 2 aliphatic heterocycles. The van der Waals surface area contributed by atoms with Gasteiger partial charge in [0.25, 0.3) is 0 Å². The molecular weight excluding hydrogens is 262 g/mol. The molecule has 21 heavy (non-hydrogen) atoms. The summed E-state index contributed by atoms with van der Waals surface area (Å²) in [6.45, 7) is 13.2. The second-order valence-corrected chi connectivity index (χ2v) is 8.38. The van der Waals surface area contributed by atoms with E-state index < -0.39 is 0 Å². The molecule has 2 aliphatic rings. The number of hydrogen-bond acceptors (Lipinski definition) is 4. The van der Waals surface area contributed by atoms with E-state index in [1.165, 1.54) is 32.4 Å². The number of hydrogen-bond donors (Lipinski definition) is 1. The van der Waals surface area contributed by atoms with Crippen molar-refractivity contribution in [3.8, 4) is 0 Å². The highest BCUT2D eigenvalue weighted by Crippen LogP contribution is 2.30. The van der Waals surface area contributed by atoms with Crippen LogP contribution in [0.3, 0.4) is 0 Å². The Balaban J connectivity index is 1.86. The molecule has 4 nitrogen and oxygen atoms in total. The highest BCUT2D eigenvalue weighted by atomic mass is 16.5. The highest BCUT2D eigenvalue weighted by molar-refractivity contribution is 4.91. The van der Waals surface area contributed by atoms with E-state index in [-0.39, 0.29) is 5.54 Å². The zero-order valence-corrected chi connectivity index (χ0v) is 14.7. The van der Waals surface area contributed by atoms with Crippen LogP contribution in [0, 0.1) is 5.41 Å². The Kier molecular flexibility index (Phi) is 5.69. The molecule has 2 fully saturated rings. The van der Waals surface area contributed by atoms with Gasteiger partial charge in [-0.25, -0.2) is 0 Å². The van der Waals surface area contributed by atoms with Crippen molar-refractivity contribution in [1.29, 1.82) is 0 Å². The molecule has 1 N–H and O–H groups in total. The predicted molar refractivity (Wildman–Crippen MR) is 88.8 cm³/mol. The molecule has 0 aromatic carbocycles. The zero-order chi connectivity index (χ0) is 15.5. The van der Waals surface area contributed by atoms with Crippen molar-refractivity contribution in [2.45, 2.75) is 51.6 Å². The Morgan fingerprint density at radius 3 is 2.67 bits per heavy atom. The van der Waals surface area contributed by atoms with Gasteiger partial charge in [0.1, 0.15) is 0 Å². The Bertz CT molecular complexity index is 320. The molecule has 2 heterocycles. The summed E-state index contributed by atoms with van der Waals surface area (Å²) in [4.78, 5) is 5.05. The predicted octanol–water partition coefficient (Wildman–Crippen LogP) is 1.81. The topological polar surface area (TPSA) is 27.7 Å². The monoisotopic (exact) mass is 297 g/mol. The molecule has 0 amide bonds. The molecule has 0 bridgehead atoms. The van der Waals surface area contributed by atoms with Crippen LogP contribution in [0.15, 0.2) is 0 Å². The Hall–Kier alpha value is -0.160. The molecule has 0 aliphatic carbocycles. The van der Waals surface area contributed by atoms with Crippen molar-refractivity contribution in [1.82, 2.24) is 15.1 Å². The summed E-state index contributed by atoms with van der Waals surface area (Å²) < 4.78 is 5.74. The maximum absolute atomic E-state index is 5.74. The largest absolute Gasteiger partial charge is 0.381 e. The van der Waals surface area contributed by atoms with Gasteiger partial charge >= 0.3 is 0 Å². The molecule has 0 aromatic rings. The Labute approximate surface area is 131 Å². The van der Waals surface area contributed by atoms with E-state index in [2.05, 4.69) is 50.0 Å². The number of rotatable bonds is 6. The van der Waals surface area contributed by atoms with E-state index in [0.717, 1.165) is 32.3 Å². The van der Waals surface area contributed by atoms with Crippen LogP contribution in [0.5, 0.6) is 0 Å². The molecule has 0 spiro atoms. The van der Waals surface area contributed by atoms with Gasteiger partial charge in [0.15, 0.2) is 0 Å². The summed E-state index contributed by atoms with van der Waals surface area (Å²) in [6, 6.07) is 0.741. The van der Waals surface area contributed by atoms with Crippen LogP contribution in [-0.2, 0) is 4.74 Å². The number of likely N-dealkylation sites (tertiary alicyclic amines) is 1. The van der Waals surface area contributed by atoms with Crippen molar-refractivity contribution in [3.05, 3.63) is 0 Å². The standard InChI is InChI=1S/C17H35N3O/c1-16(2,3)18-12-17(8-10-21-14-17)13-19(4)11-15-7-6-9-20(15)5/h15,18H,6-14H2,1-5H3. The summed E-state index contributed by atoms with van der Waals surface area (Å²) >= 11 is 0. The first-order chi connectivity index (χ1) is 9.80. The van der Waals surface area contributed by atoms with E-state index in [1.54, 1.807) is 0 Å². The molecule has 2 unspecified atom stereocenters. The lowest BCUT2D eigenvalue weighted by molar-refractivity contribution is 0.103. The molecular formula is C17H35N3O. The minimum absolute atomic E-state index is 0.180. The van der Waals surface area contributed by atoms with Crippen LogP contribution in [0.1, 0.15) is 40.0 Å². The molecule has 2 atom stereocenters. The van der Waals surface area contributed by atoms with E-state index in [1.807, 2.05) is 0 Å². The van der Waals surface area contributed by atoms with Gasteiger partial charge in [0.05, 0.1) is 6.61 Å². The Morgan fingerprint density at radius 1 is 1.38 bits per heavy atom. The fraction of sp³-hybridized carbons (Fsp3) is 1.00. The van der Waals surface area contributed by atoms with E-state index >= 15 is 0 Å². The first-order valence-corrected chi connectivity index (χ1v) is 8.51. The third kappa shape index (κ3) is 5.20. The van der Waals surface area contributed by atoms with Crippen molar-refractivity contribution in [2.24, 2.45) is 5.41 Å². The van der Waals surface area contributed by atoms with E-state index in [0.29, 0.717) is 5.41 Å². The third-order valence-electron chi connectivity index (χ3n) is 4.98. The van der Waals surface area contributed by atoms with Crippen LogP contribution in [0.25, 0.3) is 0 Å². The van der Waals surface area contributed by atoms with E-state index in [4.69, 9.17) is 4.74 Å². The third-order valence-corrected chi connectivity index (χ3v) is 4.98. The zero-order valence-electron chi connectivity index (χ0n) is 14.7. The van der Waals surface area contributed by atoms with Crippen molar-refractivity contribution >= 4 is 0 Å². The molecule has 4 heteroatoms. The normalized spacial score (nSPS) is 31.4. The molecule has 0 aromatic heterocycles. The van der Waals surface area contributed by atoms with Crippen LogP contribution >= 0.6 is 0 Å². The van der Waals surface area contributed by atoms with Gasteiger partial charge in [-0.15, -0.1) is 0 Å². The van der Waals surface area contributed by atoms with Gasteiger partial charge in [-0.05, 0) is 60.7 Å². The number of nitrogens with zero attached hydrogens (tertiary/aromatic N) is 2. The first kappa shape index (κ1) is 17.2. The second kappa shape index (κ2) is 6.95. The number of ether oxygens (including phenoxy) is 1. The lowest BCUT2D eigenvalue weighted by Crippen LogP contribution is -2.50. The van der Waals surface area contributed by atoms with Gasteiger partial charge < -0.3 is 19.9 Å². The van der Waals surface area contributed by atoms with Crippen LogP contribution in [0.4, 0.5) is 0 Å². The van der Waals surface area contributed by atoms with Crippen LogP contribution < -0.4 is 5.32 Å². The van der Waals surface area contributed by atoms with Gasteiger partial charge in [0.2, 0.25) is 0 Å². The summed E-state index contributed by atoms with van der Waals surface area (Å²) in [5.74, 6) is 0. The molecule has 2 saturated heterocycles. The van der Waals surface area contributed by atoms with Crippen LogP contribution in [0.2, 0.25) is 0 Å². The van der Waals surface area contributed by atoms with E-state index in [9.17, 15) is 0 Å². The molecule has 0 radical (unpaired) electrons. The fourth-order valence-electron chi connectivity index (χ4n) is 3.63. The average molecular weight is 297 g/mol. The Morgan fingerprint density at radius 2 is 2.14 bits per heavy atom. The molecule has 0 saturated carbocycles. The maximum Gasteiger partial charge on any atom is 0.0547 e. The van der Waals surface area contributed by atoms with Gasteiger partial charge in [0, 0.05) is 43.2 Å². The first-order valence-electron chi connectivity index (χ1n) is 8.51. The molecule has 2 rings (SSSR count). The quantitative estimate of drug-likeness (QED) is 0.809. The van der Waals surface area contributed by atoms with Crippen LogP contribution in [-0.4, -0.2) is 74.9 Å². The van der Waals surface area contributed by atoms with Gasteiger partial charge in [-0.1, -0.05) is 0 Å². The lowest BCUT2D eigenvalue weighted by Gasteiger charge is -2.36. The summed E-state index contributed by atoms with van der Waals surface area (Å²) in [7, 11) is 4.55. The smallest absolute Gasteiger partial charge is 0.0547 e. The average Bonchev–Trinajstić information content (AvgIpc) is 2.97. The van der Waals surface area contributed by atoms with Crippen molar-refractivity contribution in [3.63, 3.8) is 0 Å². The summed E-state index contributed by atoms with van der Waals surface area (Å²) in [5, 5.41) is 3.70. The highest BCUT2D eigenvalue weighted by Gasteiger charge is 2.37. The van der Waals surface area contributed by atoms with Crippen molar-refractivity contribution < 1.29 is 4.74 Å². The molecule has 124 valence electrons. The summed E-state index contributed by atoms with van der Waals surface area (Å²) in [5.41, 5.74) is 0.471.